The van der Waals surface area contributed by atoms with Crippen LogP contribution >= 0.6 is 0 Å². The summed E-state index contributed by atoms with van der Waals surface area (Å²) in [5.74, 6) is -14.5. The topological polar surface area (TPSA) is 1020 Å². The number of nitrogens with two attached hydrogens (primary N) is 2. The Kier molecular flexibility index (Phi) is 43.0. The van der Waals surface area contributed by atoms with Crippen molar-refractivity contribution in [2.45, 2.75) is 391 Å². The number of aliphatic hydroxyl groups is 31. The Balaban J connectivity index is 0.888. The predicted molar refractivity (Wildman–Crippen MR) is 453 cm³/mol. The van der Waals surface area contributed by atoms with Gasteiger partial charge >= 0.3 is 0 Å². The highest BCUT2D eigenvalue weighted by Gasteiger charge is 2.64. The van der Waals surface area contributed by atoms with Gasteiger partial charge in [-0.3, -0.25) is 28.8 Å². The molecule has 0 aliphatic carbocycles. The Morgan fingerprint density at radius 2 is 0.575 bits per heavy atom. The van der Waals surface area contributed by atoms with E-state index in [-0.39, 0.29) is 0 Å². The van der Waals surface area contributed by atoms with Crippen molar-refractivity contribution in [2.75, 3.05) is 72.7 Å². The van der Waals surface area contributed by atoms with Crippen molar-refractivity contribution in [3.05, 3.63) is 0 Å². The first kappa shape index (κ1) is 121. The molecule has 0 saturated carbocycles. The van der Waals surface area contributed by atoms with Crippen LogP contribution in [0.15, 0.2) is 0 Å². The minimum absolute atomic E-state index is 0.777. The van der Waals surface area contributed by atoms with Gasteiger partial charge in [0.05, 0.1) is 97.1 Å². The molecule has 57 atom stereocenters. The Morgan fingerprint density at radius 3 is 0.911 bits per heavy atom. The molecule has 0 aromatic heterocycles. The smallest absolute Gasteiger partial charge is 0.277 e. The van der Waals surface area contributed by atoms with E-state index >= 15 is 0 Å². The molecule has 11 aliphatic heterocycles. The average Bonchev–Trinajstić information content (AvgIpc) is 0.783. The zero-order valence-corrected chi connectivity index (χ0v) is 79.0. The third-order valence-corrected chi connectivity index (χ3v) is 27.4. The number of carbonyl (C=O) groups is 6. The molecule has 39 N–H and O–H groups in total. The van der Waals surface area contributed by atoms with Crippen LogP contribution in [0.1, 0.15) is 54.4 Å². The highest BCUT2D eigenvalue weighted by molar-refractivity contribution is 5.82. The molecule has 0 aromatic rings. The molecule has 0 radical (unpaired) electrons. The summed E-state index contributed by atoms with van der Waals surface area (Å²) in [7, 11) is 0. The van der Waals surface area contributed by atoms with E-state index in [4.69, 9.17) is 111 Å². The minimum Gasteiger partial charge on any atom is -0.394 e. The zero-order valence-electron chi connectivity index (χ0n) is 79.0. The van der Waals surface area contributed by atoms with Crippen molar-refractivity contribution in [1.29, 1.82) is 0 Å². The molecular weight excluding hydrogens is 2000 g/mol. The lowest BCUT2D eigenvalue weighted by Gasteiger charge is -2.51. The van der Waals surface area contributed by atoms with E-state index < -0.39 is 469 Å². The molecule has 6 amide bonds. The lowest BCUT2D eigenvalue weighted by Crippen LogP contribution is -2.71. The number of hydrogen-bond acceptors (Lipinski definition) is 58. The number of rotatable bonds is 41. The van der Waals surface area contributed by atoms with Crippen LogP contribution in [-0.2, 0) is 128 Å². The predicted octanol–water partition coefficient (Wildman–Crippen LogP) is -24.6. The van der Waals surface area contributed by atoms with Crippen LogP contribution in [0, 0.1) is 11.8 Å². The fraction of sp³-hybridized carbons (Fsp3) is 0.927. The van der Waals surface area contributed by atoms with Crippen molar-refractivity contribution in [3.63, 3.8) is 0 Å². The highest BCUT2D eigenvalue weighted by Crippen LogP contribution is 2.44. The first-order valence-corrected chi connectivity index (χ1v) is 46.7. The van der Waals surface area contributed by atoms with Gasteiger partial charge in [0.2, 0.25) is 23.6 Å². The zero-order chi connectivity index (χ0) is 108. The number of hydrogen-bond donors (Lipinski definition) is 37. The molecule has 11 rings (SSSR count). The standard InChI is InChI=1S/C82H138N6O58/c1-20-26(101)7-81(79(83)124,145-61(20)43(105)28(103)9-89)127-18-37-47(109)54(116)58(120)74(136-37)139-64-33(14-94)133-72(41(52(64)114)87-24(5)99)143-68-56(118)45(107)30(11-91)130-77(68)126-17-36-49(111)67(60(122)76(135-36)141-66-35(16-96)132-71(40(51(66)113)86-23(4)98)138-63-32(13-93)129-70(123)39(50(63)112)85-22(3)97)142-78-69(57(119)46(108)31(12-92)131-78)144-73-42(88-25(6)100)53(115)65(34(15-95)134-73)140-75-59(121)55(117)48(110)38(137-75)19-128-82(80(84)125)8-27(102)21(2)62(146-82)44(106)29(104)10-90/h20-21,26-78,89-96,101-123H,7-19H2,1-6H3,(H2,83,124)(H2,84,125)(H,85,97)(H,86,98)(H,87,99)(H,88,100)/t20-,21-,26-,27-,28?,29?,30?,31?,32?,33+,34?,35?,36?,37?,38?,39?,40?,41?,42?,43-,44-,45-,46-,47+,48+,49-,50-,51-,52?,53-,54+,55+,56+,57?,58?,59?,60?,61?,62?,63-,64-,65-,66-,67+,68?,69?,70-,71+,72+,73+,74+,75+,76+,77+,78-,81-,82-/m1/s1. The number of carbonyl (C=O) groups excluding carboxylic acids is 6. The van der Waals surface area contributed by atoms with Crippen LogP contribution in [0.5, 0.6) is 0 Å². The summed E-state index contributed by atoms with van der Waals surface area (Å²) >= 11 is 0. The van der Waals surface area contributed by atoms with E-state index in [1.165, 1.54) is 13.8 Å². The number of aliphatic hydroxyl groups excluding tert-OH is 31. The van der Waals surface area contributed by atoms with Crippen molar-refractivity contribution in [1.82, 2.24) is 21.3 Å². The van der Waals surface area contributed by atoms with Gasteiger partial charge in [0.25, 0.3) is 23.4 Å². The first-order chi connectivity index (χ1) is 68.7. The number of nitrogens with one attached hydrogen (secondary N) is 4. The highest BCUT2D eigenvalue weighted by atomic mass is 16.8. The Morgan fingerprint density at radius 1 is 0.301 bits per heavy atom. The van der Waals surface area contributed by atoms with E-state index in [2.05, 4.69) is 21.3 Å². The minimum atomic E-state index is -2.74. The van der Waals surface area contributed by atoms with Crippen LogP contribution in [0.2, 0.25) is 0 Å². The van der Waals surface area contributed by atoms with Crippen LogP contribution in [-0.4, -0.2) is 603 Å². The van der Waals surface area contributed by atoms with Crippen molar-refractivity contribution < 1.29 is 287 Å². The van der Waals surface area contributed by atoms with Gasteiger partial charge in [-0.05, 0) is 0 Å². The number of primary amides is 2. The fourth-order valence-electron chi connectivity index (χ4n) is 19.0. The number of ether oxygens (including phenoxy) is 21. The molecule has 23 unspecified atom stereocenters. The maximum absolute atomic E-state index is 13.3. The second-order valence-electron chi connectivity index (χ2n) is 37.6. The van der Waals surface area contributed by atoms with Crippen molar-refractivity contribution in [2.24, 2.45) is 23.3 Å². The Labute approximate surface area is 827 Å². The van der Waals surface area contributed by atoms with Crippen molar-refractivity contribution in [3.8, 4) is 0 Å². The molecule has 11 saturated heterocycles. The van der Waals surface area contributed by atoms with E-state index in [1.54, 1.807) is 0 Å². The van der Waals surface area contributed by atoms with E-state index in [9.17, 15) is 187 Å². The van der Waals surface area contributed by atoms with Gasteiger partial charge in [-0.2, -0.15) is 0 Å². The Bertz CT molecular complexity index is 4150. The summed E-state index contributed by atoms with van der Waals surface area (Å²) in [5.41, 5.74) is 11.4. The summed E-state index contributed by atoms with van der Waals surface area (Å²) in [6, 6.07) is -7.91. The number of amides is 6. The van der Waals surface area contributed by atoms with Gasteiger partial charge in [-0.25, -0.2) is 0 Å². The van der Waals surface area contributed by atoms with Crippen LogP contribution in [0.3, 0.4) is 0 Å². The van der Waals surface area contributed by atoms with Crippen LogP contribution < -0.4 is 32.7 Å². The maximum atomic E-state index is 13.3. The molecule has 0 spiro atoms. The summed E-state index contributed by atoms with van der Waals surface area (Å²) in [6.45, 7) is -6.60. The van der Waals surface area contributed by atoms with E-state index in [0.717, 1.165) is 27.7 Å². The lowest BCUT2D eigenvalue weighted by molar-refractivity contribution is -0.399. The van der Waals surface area contributed by atoms with Crippen LogP contribution in [0.4, 0.5) is 0 Å². The monoisotopic (exact) mass is 2130 g/mol. The average molecular weight is 2140 g/mol. The molecule has 64 heteroatoms. The molecular formula is C82H138N6O58. The van der Waals surface area contributed by atoms with Gasteiger partial charge in [0, 0.05) is 52.4 Å². The van der Waals surface area contributed by atoms with E-state index in [1.807, 2.05) is 0 Å². The largest absolute Gasteiger partial charge is 0.394 e. The summed E-state index contributed by atoms with van der Waals surface area (Å²) in [6.07, 6.45) is -108. The second-order valence-corrected chi connectivity index (χ2v) is 37.6. The SMILES string of the molecule is CC(=O)NC1C(O)[C@H](O[C@@H]2OC(CO[C@]3(C(N)=O)C[C@@H](O)[C@@H](C)C([C@H](O)C(O)CO)O3)[C@H](O)[C@H](O)C2O)[C@H](CO)O[C@H]1OC1[C@@H](OCC2O[C@@H](O[C@@H]3C(CO)O[C@@H](O[C@@H]4C(CO)O[C@@H](O)C(NC(C)=O)[C@H]4O)C(NC(C)=O)[C@H]3O)C(O)[C@@H](O[C@H]3OC(CO)[C@@H](O)C(O)C3O[C@@H]3OC(CO)[C@@H](O[C@@H]4OC(CO[C@]5(C(N)=O)C[C@@H](O)[C@@H](C)C([C@H](O)C(O)CO)O5)[C@H](O)[C@H](O)C4O)[C@H](O)C3NC(C)=O)[C@@H]2O)OC(CO)[C@@H](O)[C@@H]1O. The summed E-state index contributed by atoms with van der Waals surface area (Å²) < 4.78 is 126. The fourth-order valence-corrected chi connectivity index (χ4v) is 19.0. The second kappa shape index (κ2) is 51.9. The van der Waals surface area contributed by atoms with Gasteiger partial charge < -0.3 is 291 Å². The van der Waals surface area contributed by atoms with Crippen LogP contribution in [0.25, 0.3) is 0 Å². The van der Waals surface area contributed by atoms with Crippen molar-refractivity contribution >= 4 is 35.4 Å². The molecule has 0 aromatic carbocycles. The summed E-state index contributed by atoms with van der Waals surface area (Å²) in [5, 5.41) is 359. The molecule has 11 fully saturated rings. The molecule has 146 heavy (non-hydrogen) atoms. The van der Waals surface area contributed by atoms with E-state index in [0.29, 0.717) is 0 Å². The lowest BCUT2D eigenvalue weighted by atomic mass is 9.84. The third kappa shape index (κ3) is 26.4. The van der Waals surface area contributed by atoms with Gasteiger partial charge in [0.15, 0.2) is 56.6 Å². The first-order valence-electron chi connectivity index (χ1n) is 46.7. The maximum Gasteiger partial charge on any atom is 0.277 e. The normalized spacial score (nSPS) is 47.5. The Hall–Kier alpha value is -5.26. The molecule has 0 bridgehead atoms. The molecule has 11 heterocycles. The third-order valence-electron chi connectivity index (χ3n) is 27.4. The summed E-state index contributed by atoms with van der Waals surface area (Å²) in [4.78, 5) is 78.3. The molecule has 64 nitrogen and oxygen atoms in total. The molecule has 844 valence electrons. The molecule has 11 aliphatic rings. The quantitative estimate of drug-likeness (QED) is 0.0270. The van der Waals surface area contributed by atoms with Gasteiger partial charge in [-0.1, -0.05) is 13.8 Å². The van der Waals surface area contributed by atoms with Gasteiger partial charge in [0.1, 0.15) is 244 Å². The van der Waals surface area contributed by atoms with Gasteiger partial charge in [-0.15, -0.1) is 0 Å².